The van der Waals surface area contributed by atoms with Gasteiger partial charge in [0.05, 0.1) is 11.9 Å². The van der Waals surface area contributed by atoms with Crippen molar-refractivity contribution in [3.8, 4) is 0 Å². The number of hydrogen-bond donors (Lipinski definition) is 1. The van der Waals surface area contributed by atoms with Crippen LogP contribution in [0, 0.1) is 20.8 Å². The first-order valence-corrected chi connectivity index (χ1v) is 8.29. The third-order valence-electron chi connectivity index (χ3n) is 3.84. The van der Waals surface area contributed by atoms with Gasteiger partial charge >= 0.3 is 0 Å². The van der Waals surface area contributed by atoms with Crippen LogP contribution in [0.3, 0.4) is 0 Å². The van der Waals surface area contributed by atoms with Crippen LogP contribution in [0.1, 0.15) is 35.3 Å². The Hall–Kier alpha value is -1.66. The Morgan fingerprint density at radius 3 is 2.38 bits per heavy atom. The molecule has 0 aliphatic heterocycles. The van der Waals surface area contributed by atoms with E-state index >= 15 is 0 Å². The van der Waals surface area contributed by atoms with Gasteiger partial charge in [-0.25, -0.2) is 13.1 Å². The summed E-state index contributed by atoms with van der Waals surface area (Å²) >= 11 is 0. The van der Waals surface area contributed by atoms with Crippen molar-refractivity contribution in [1.29, 1.82) is 0 Å². The van der Waals surface area contributed by atoms with Gasteiger partial charge in [-0.1, -0.05) is 18.2 Å². The lowest BCUT2D eigenvalue weighted by Gasteiger charge is -2.15. The lowest BCUT2D eigenvalue weighted by Crippen LogP contribution is -2.27. The maximum absolute atomic E-state index is 12.4. The van der Waals surface area contributed by atoms with Crippen molar-refractivity contribution < 1.29 is 8.42 Å². The minimum absolute atomic E-state index is 0.223. The van der Waals surface area contributed by atoms with Crippen molar-refractivity contribution in [3.05, 3.63) is 46.8 Å². The molecule has 1 atom stereocenters. The van der Waals surface area contributed by atoms with E-state index in [0.29, 0.717) is 5.69 Å². The van der Waals surface area contributed by atoms with Gasteiger partial charge in [-0.05, 0) is 44.4 Å². The molecule has 6 heteroatoms. The predicted molar refractivity (Wildman–Crippen MR) is 82.6 cm³/mol. The quantitative estimate of drug-likeness (QED) is 0.943. The number of benzene rings is 1. The van der Waals surface area contributed by atoms with Crippen LogP contribution in [0.5, 0.6) is 0 Å². The lowest BCUT2D eigenvalue weighted by molar-refractivity contribution is 0.566. The molecule has 0 radical (unpaired) electrons. The van der Waals surface area contributed by atoms with E-state index in [1.165, 1.54) is 11.8 Å². The van der Waals surface area contributed by atoms with E-state index in [2.05, 4.69) is 9.82 Å². The summed E-state index contributed by atoms with van der Waals surface area (Å²) in [5, 5.41) is 3.99. The van der Waals surface area contributed by atoms with Gasteiger partial charge in [0.2, 0.25) is 10.0 Å². The molecule has 0 bridgehead atoms. The molecule has 114 valence electrons. The summed E-state index contributed by atoms with van der Waals surface area (Å²) in [6.45, 7) is 7.63. The van der Waals surface area contributed by atoms with Crippen LogP contribution in [0.2, 0.25) is 0 Å². The highest BCUT2D eigenvalue weighted by Gasteiger charge is 2.22. The summed E-state index contributed by atoms with van der Waals surface area (Å²) in [4.78, 5) is 0.223. The topological polar surface area (TPSA) is 64.0 Å². The fraction of sp³-hybridized carbons (Fsp3) is 0.400. The summed E-state index contributed by atoms with van der Waals surface area (Å²) in [6.07, 6.45) is 1.38. The summed E-state index contributed by atoms with van der Waals surface area (Å²) in [5.41, 5.74) is 3.91. The van der Waals surface area contributed by atoms with Gasteiger partial charge in [-0.2, -0.15) is 5.10 Å². The average Bonchev–Trinajstić information content (AvgIpc) is 2.73. The number of aromatic nitrogens is 2. The standard InChI is InChI=1S/C15H21N3O2S/c1-10-6-7-14(8-11(10)2)12(3)17-21(19,20)15-9-16-18(5)13(15)4/h6-9,12,17H,1-5H3. The molecule has 2 rings (SSSR count). The van der Waals surface area contributed by atoms with E-state index in [-0.39, 0.29) is 10.9 Å². The molecule has 21 heavy (non-hydrogen) atoms. The zero-order valence-corrected chi connectivity index (χ0v) is 13.8. The molecule has 0 aliphatic carbocycles. The van der Waals surface area contributed by atoms with Gasteiger partial charge in [0, 0.05) is 13.1 Å². The molecule has 1 heterocycles. The maximum Gasteiger partial charge on any atom is 0.244 e. The second-order valence-corrected chi connectivity index (χ2v) is 7.09. The maximum atomic E-state index is 12.4. The zero-order valence-electron chi connectivity index (χ0n) is 13.0. The molecule has 0 saturated heterocycles. The molecule has 0 saturated carbocycles. The van der Waals surface area contributed by atoms with Crippen molar-refractivity contribution in [2.45, 2.75) is 38.6 Å². The number of nitrogens with zero attached hydrogens (tertiary/aromatic N) is 2. The molecular formula is C15H21N3O2S. The van der Waals surface area contributed by atoms with E-state index in [1.807, 2.05) is 39.0 Å². The van der Waals surface area contributed by atoms with E-state index in [0.717, 1.165) is 11.1 Å². The van der Waals surface area contributed by atoms with Crippen molar-refractivity contribution in [2.75, 3.05) is 0 Å². The molecule has 0 fully saturated rings. The Morgan fingerprint density at radius 2 is 1.86 bits per heavy atom. The Morgan fingerprint density at radius 1 is 1.19 bits per heavy atom. The monoisotopic (exact) mass is 307 g/mol. The van der Waals surface area contributed by atoms with Gasteiger partial charge in [-0.3, -0.25) is 4.68 Å². The van der Waals surface area contributed by atoms with Crippen LogP contribution in [-0.2, 0) is 17.1 Å². The second kappa shape index (κ2) is 5.61. The Labute approximate surface area is 126 Å². The SMILES string of the molecule is Cc1ccc(C(C)NS(=O)(=O)c2cnn(C)c2C)cc1C. The first kappa shape index (κ1) is 15.7. The third-order valence-corrected chi connectivity index (χ3v) is 5.49. The fourth-order valence-corrected chi connectivity index (χ4v) is 3.58. The minimum atomic E-state index is -3.57. The van der Waals surface area contributed by atoms with Crippen molar-refractivity contribution in [2.24, 2.45) is 7.05 Å². The van der Waals surface area contributed by atoms with Crippen LogP contribution in [-0.4, -0.2) is 18.2 Å². The average molecular weight is 307 g/mol. The molecule has 1 aromatic carbocycles. The third kappa shape index (κ3) is 3.16. The number of hydrogen-bond acceptors (Lipinski definition) is 3. The Bertz CT molecular complexity index is 763. The largest absolute Gasteiger partial charge is 0.272 e. The fourth-order valence-electron chi connectivity index (χ4n) is 2.14. The molecule has 1 unspecified atom stereocenters. The highest BCUT2D eigenvalue weighted by Crippen LogP contribution is 2.20. The van der Waals surface area contributed by atoms with Crippen molar-refractivity contribution >= 4 is 10.0 Å². The van der Waals surface area contributed by atoms with E-state index in [1.54, 1.807) is 18.7 Å². The number of nitrogens with one attached hydrogen (secondary N) is 1. The van der Waals surface area contributed by atoms with Gasteiger partial charge < -0.3 is 0 Å². The second-order valence-electron chi connectivity index (χ2n) is 5.40. The van der Waals surface area contributed by atoms with Crippen LogP contribution in [0.25, 0.3) is 0 Å². The highest BCUT2D eigenvalue weighted by molar-refractivity contribution is 7.89. The molecule has 0 amide bonds. The van der Waals surface area contributed by atoms with Crippen LogP contribution in [0.15, 0.2) is 29.3 Å². The molecule has 1 N–H and O–H groups in total. The van der Waals surface area contributed by atoms with Crippen LogP contribution in [0.4, 0.5) is 0 Å². The first-order valence-electron chi connectivity index (χ1n) is 6.80. The van der Waals surface area contributed by atoms with Crippen LogP contribution >= 0.6 is 0 Å². The van der Waals surface area contributed by atoms with Crippen LogP contribution < -0.4 is 4.72 Å². The summed E-state index contributed by atoms with van der Waals surface area (Å²) in [6, 6.07) is 5.67. The smallest absolute Gasteiger partial charge is 0.244 e. The first-order chi connectivity index (χ1) is 9.72. The van der Waals surface area contributed by atoms with Gasteiger partial charge in [0.15, 0.2) is 0 Å². The molecule has 0 aliphatic rings. The molecule has 0 spiro atoms. The van der Waals surface area contributed by atoms with E-state index in [4.69, 9.17) is 0 Å². The molecule has 1 aromatic heterocycles. The number of sulfonamides is 1. The Balaban J connectivity index is 2.27. The molecule has 2 aromatic rings. The van der Waals surface area contributed by atoms with E-state index in [9.17, 15) is 8.42 Å². The molecule has 5 nitrogen and oxygen atoms in total. The van der Waals surface area contributed by atoms with Crippen molar-refractivity contribution in [1.82, 2.24) is 14.5 Å². The lowest BCUT2D eigenvalue weighted by atomic mass is 10.0. The minimum Gasteiger partial charge on any atom is -0.272 e. The number of aryl methyl sites for hydroxylation is 3. The van der Waals surface area contributed by atoms with Gasteiger partial charge in [-0.15, -0.1) is 0 Å². The normalized spacial score (nSPS) is 13.4. The molecular weight excluding hydrogens is 286 g/mol. The summed E-state index contributed by atoms with van der Waals surface area (Å²) < 4.78 is 29.1. The number of rotatable bonds is 4. The van der Waals surface area contributed by atoms with Crippen molar-refractivity contribution in [3.63, 3.8) is 0 Å². The summed E-state index contributed by atoms with van der Waals surface area (Å²) in [5.74, 6) is 0. The Kier molecular flexibility index (Phi) is 4.20. The van der Waals surface area contributed by atoms with E-state index < -0.39 is 10.0 Å². The zero-order chi connectivity index (χ0) is 15.8. The predicted octanol–water partition coefficient (Wildman–Crippen LogP) is 2.38. The van der Waals surface area contributed by atoms with Gasteiger partial charge in [0.1, 0.15) is 4.90 Å². The summed E-state index contributed by atoms with van der Waals surface area (Å²) in [7, 11) is -1.85. The highest BCUT2D eigenvalue weighted by atomic mass is 32.2. The van der Waals surface area contributed by atoms with Gasteiger partial charge in [0.25, 0.3) is 0 Å².